The Kier molecular flexibility index (Phi) is 3.44. The Balaban J connectivity index is 1.84. The van der Waals surface area contributed by atoms with Crippen LogP contribution in [-0.2, 0) is 0 Å². The van der Waals surface area contributed by atoms with Crippen molar-refractivity contribution in [1.82, 2.24) is 0 Å². The summed E-state index contributed by atoms with van der Waals surface area (Å²) in [7, 11) is 0. The van der Waals surface area contributed by atoms with Gasteiger partial charge in [0.1, 0.15) is 0 Å². The number of thioether (sulfide) groups is 1. The second-order valence-electron chi connectivity index (χ2n) is 4.86. The van der Waals surface area contributed by atoms with Gasteiger partial charge in [-0.3, -0.25) is 4.99 Å². The molecule has 1 aliphatic carbocycles. The number of hydrogen-bond acceptors (Lipinski definition) is 2. The van der Waals surface area contributed by atoms with E-state index in [1.54, 1.807) is 0 Å². The highest BCUT2D eigenvalue weighted by Gasteiger charge is 2.29. The van der Waals surface area contributed by atoms with E-state index in [2.05, 4.69) is 12.1 Å². The molecule has 0 radical (unpaired) electrons. The van der Waals surface area contributed by atoms with Crippen molar-refractivity contribution < 1.29 is 0 Å². The zero-order valence-electron chi connectivity index (χ0n) is 9.73. The third-order valence-electron chi connectivity index (χ3n) is 3.68. The summed E-state index contributed by atoms with van der Waals surface area (Å²) in [4.78, 5) is 4.94. The number of nitrogens with zero attached hydrogens (tertiary/aromatic N) is 1. The number of aliphatic imine (C=N–C) groups is 1. The molecule has 0 amide bonds. The van der Waals surface area contributed by atoms with Crippen molar-refractivity contribution in [3.8, 4) is 0 Å². The Morgan fingerprint density at radius 2 is 1.88 bits per heavy atom. The monoisotopic (exact) mass is 265 g/mol. The van der Waals surface area contributed by atoms with Crippen molar-refractivity contribution >= 4 is 28.4 Å². The average molecular weight is 266 g/mol. The van der Waals surface area contributed by atoms with Gasteiger partial charge in [0.2, 0.25) is 0 Å². The van der Waals surface area contributed by atoms with E-state index in [4.69, 9.17) is 16.6 Å². The van der Waals surface area contributed by atoms with Crippen molar-refractivity contribution in [1.29, 1.82) is 0 Å². The van der Waals surface area contributed by atoms with Gasteiger partial charge in [-0.25, -0.2) is 0 Å². The van der Waals surface area contributed by atoms with Gasteiger partial charge in [0, 0.05) is 16.3 Å². The molecule has 0 bridgehead atoms. The molecule has 1 aromatic carbocycles. The predicted molar refractivity (Wildman–Crippen MR) is 76.2 cm³/mol. The summed E-state index contributed by atoms with van der Waals surface area (Å²) in [6.45, 7) is 0. The molecule has 90 valence electrons. The van der Waals surface area contributed by atoms with Gasteiger partial charge in [0.15, 0.2) is 0 Å². The second kappa shape index (κ2) is 5.03. The number of benzene rings is 1. The lowest BCUT2D eigenvalue weighted by Gasteiger charge is -2.32. The van der Waals surface area contributed by atoms with Crippen molar-refractivity contribution in [3.05, 3.63) is 34.9 Å². The summed E-state index contributed by atoms with van der Waals surface area (Å²) in [5.41, 5.74) is 1.23. The molecule has 17 heavy (non-hydrogen) atoms. The van der Waals surface area contributed by atoms with Gasteiger partial charge in [-0.1, -0.05) is 36.6 Å². The zero-order chi connectivity index (χ0) is 11.7. The van der Waals surface area contributed by atoms with Gasteiger partial charge < -0.3 is 0 Å². The summed E-state index contributed by atoms with van der Waals surface area (Å²) < 4.78 is 0. The molecule has 1 fully saturated rings. The third kappa shape index (κ3) is 2.53. The van der Waals surface area contributed by atoms with Crippen LogP contribution in [0.4, 0.5) is 0 Å². The highest BCUT2D eigenvalue weighted by atomic mass is 35.5. The summed E-state index contributed by atoms with van der Waals surface area (Å²) >= 11 is 7.83. The molecule has 1 aromatic rings. The quantitative estimate of drug-likeness (QED) is 0.733. The van der Waals surface area contributed by atoms with Crippen LogP contribution < -0.4 is 0 Å². The van der Waals surface area contributed by atoms with Crippen molar-refractivity contribution in [2.24, 2.45) is 10.9 Å². The van der Waals surface area contributed by atoms with E-state index in [0.29, 0.717) is 6.04 Å². The van der Waals surface area contributed by atoms with E-state index in [1.165, 1.54) is 42.0 Å². The molecule has 1 nitrogen and oxygen atoms in total. The molecule has 2 atom stereocenters. The van der Waals surface area contributed by atoms with E-state index in [0.717, 1.165) is 10.9 Å². The average Bonchev–Trinajstić information content (AvgIpc) is 2.39. The fourth-order valence-corrected chi connectivity index (χ4v) is 4.08. The predicted octanol–water partition coefficient (Wildman–Crippen LogP) is 4.39. The minimum absolute atomic E-state index is 0.579. The van der Waals surface area contributed by atoms with E-state index in [1.807, 2.05) is 23.9 Å². The van der Waals surface area contributed by atoms with Crippen molar-refractivity contribution in [3.63, 3.8) is 0 Å². The van der Waals surface area contributed by atoms with Gasteiger partial charge in [0.25, 0.3) is 0 Å². The molecule has 3 rings (SSSR count). The molecule has 0 aromatic heterocycles. The first-order valence-corrected chi connectivity index (χ1v) is 7.66. The second-order valence-corrected chi connectivity index (χ2v) is 6.31. The Morgan fingerprint density at radius 3 is 2.71 bits per heavy atom. The maximum atomic E-state index is 5.91. The van der Waals surface area contributed by atoms with Crippen LogP contribution in [0.25, 0.3) is 0 Å². The topological polar surface area (TPSA) is 12.4 Å². The number of rotatable bonds is 1. The van der Waals surface area contributed by atoms with E-state index >= 15 is 0 Å². The highest BCUT2D eigenvalue weighted by Crippen LogP contribution is 2.35. The largest absolute Gasteiger partial charge is 0.274 e. The molecular formula is C14H16ClNS. The molecule has 0 unspecified atom stereocenters. The van der Waals surface area contributed by atoms with Gasteiger partial charge >= 0.3 is 0 Å². The zero-order valence-corrected chi connectivity index (χ0v) is 11.3. The van der Waals surface area contributed by atoms with Crippen LogP contribution in [-0.4, -0.2) is 16.8 Å². The summed E-state index contributed by atoms with van der Waals surface area (Å²) in [6, 6.07) is 8.64. The van der Waals surface area contributed by atoms with E-state index in [9.17, 15) is 0 Å². The first kappa shape index (κ1) is 11.6. The van der Waals surface area contributed by atoms with E-state index in [-0.39, 0.29) is 0 Å². The summed E-state index contributed by atoms with van der Waals surface area (Å²) in [6.07, 6.45) is 5.40. The fraction of sp³-hybridized carbons (Fsp3) is 0.500. The highest BCUT2D eigenvalue weighted by molar-refractivity contribution is 8.14. The van der Waals surface area contributed by atoms with Crippen LogP contribution in [0.3, 0.4) is 0 Å². The Labute approximate surface area is 112 Å². The molecule has 3 heteroatoms. The number of halogens is 1. The van der Waals surface area contributed by atoms with Crippen LogP contribution in [0.15, 0.2) is 29.3 Å². The van der Waals surface area contributed by atoms with E-state index < -0.39 is 0 Å². The molecule has 0 N–H and O–H groups in total. The van der Waals surface area contributed by atoms with Crippen LogP contribution >= 0.6 is 23.4 Å². The molecular weight excluding hydrogens is 250 g/mol. The number of fused-ring (bicyclic) bond motifs is 1. The first-order chi connectivity index (χ1) is 8.33. The standard InChI is InChI=1S/C14H16ClNS/c15-12-7-5-10(6-8-12)14-16-13-4-2-1-3-11(13)9-17-14/h5-8,11,13H,1-4,9H2/t11-,13+/m1/s1. The van der Waals surface area contributed by atoms with Crippen molar-refractivity contribution in [2.45, 2.75) is 31.7 Å². The lowest BCUT2D eigenvalue weighted by molar-refractivity contribution is 0.336. The molecule has 2 aliphatic rings. The normalized spacial score (nSPS) is 28.4. The Morgan fingerprint density at radius 1 is 1.12 bits per heavy atom. The molecule has 1 saturated carbocycles. The summed E-state index contributed by atoms with van der Waals surface area (Å²) in [5, 5.41) is 2.01. The molecule has 0 spiro atoms. The fourth-order valence-electron chi connectivity index (χ4n) is 2.68. The molecule has 1 aliphatic heterocycles. The minimum Gasteiger partial charge on any atom is -0.274 e. The SMILES string of the molecule is Clc1ccc(C2=N[C@H]3CCCC[C@@H]3CS2)cc1. The van der Waals surface area contributed by atoms with Crippen LogP contribution in [0, 0.1) is 5.92 Å². The smallest absolute Gasteiger partial charge is 0.0980 e. The number of hydrogen-bond donors (Lipinski definition) is 0. The van der Waals surface area contributed by atoms with Crippen molar-refractivity contribution in [2.75, 3.05) is 5.75 Å². The van der Waals surface area contributed by atoms with Gasteiger partial charge in [-0.15, -0.1) is 11.8 Å². The summed E-state index contributed by atoms with van der Waals surface area (Å²) in [5.74, 6) is 2.07. The van der Waals surface area contributed by atoms with Gasteiger partial charge in [0.05, 0.1) is 11.1 Å². The molecule has 1 heterocycles. The molecule has 0 saturated heterocycles. The Bertz CT molecular complexity index is 426. The lowest BCUT2D eigenvalue weighted by atomic mass is 9.86. The first-order valence-electron chi connectivity index (χ1n) is 6.29. The van der Waals surface area contributed by atoms with Gasteiger partial charge in [-0.05, 0) is 30.9 Å². The maximum Gasteiger partial charge on any atom is 0.0980 e. The minimum atomic E-state index is 0.579. The van der Waals surface area contributed by atoms with Gasteiger partial charge in [-0.2, -0.15) is 0 Å². The maximum absolute atomic E-state index is 5.91. The van der Waals surface area contributed by atoms with Crippen LogP contribution in [0.1, 0.15) is 31.2 Å². The lowest BCUT2D eigenvalue weighted by Crippen LogP contribution is -2.30. The van der Waals surface area contributed by atoms with Crippen LogP contribution in [0.5, 0.6) is 0 Å². The van der Waals surface area contributed by atoms with Crippen LogP contribution in [0.2, 0.25) is 5.02 Å². The third-order valence-corrected chi connectivity index (χ3v) is 5.14. The Hall–Kier alpha value is -0.470.